The summed E-state index contributed by atoms with van der Waals surface area (Å²) in [5, 5.41) is 7.48. The molecule has 1 N–H and O–H groups in total. The fraction of sp³-hybridized carbons (Fsp3) is 0.250. The molecule has 2 rings (SSSR count). The zero-order chi connectivity index (χ0) is 11.2. The van der Waals surface area contributed by atoms with Crippen LogP contribution in [0.5, 0.6) is 0 Å². The minimum absolute atomic E-state index is 0.280. The fourth-order valence-corrected chi connectivity index (χ4v) is 2.16. The summed E-state index contributed by atoms with van der Waals surface area (Å²) in [6.07, 6.45) is 3.90. The number of hydrogen-bond donors (Lipinski definition) is 1. The molecule has 0 radical (unpaired) electrons. The van der Waals surface area contributed by atoms with E-state index < -0.39 is 0 Å². The van der Waals surface area contributed by atoms with Gasteiger partial charge in [-0.3, -0.25) is 4.98 Å². The summed E-state index contributed by atoms with van der Waals surface area (Å²) in [7, 11) is 0. The van der Waals surface area contributed by atoms with E-state index in [-0.39, 0.29) is 5.82 Å². The van der Waals surface area contributed by atoms with E-state index in [1.54, 1.807) is 17.5 Å². The van der Waals surface area contributed by atoms with Gasteiger partial charge >= 0.3 is 0 Å². The van der Waals surface area contributed by atoms with Gasteiger partial charge in [-0.2, -0.15) is 11.3 Å². The van der Waals surface area contributed by atoms with Crippen molar-refractivity contribution in [1.82, 2.24) is 10.3 Å². The molecule has 0 atom stereocenters. The molecule has 0 saturated heterocycles. The van der Waals surface area contributed by atoms with E-state index in [4.69, 9.17) is 0 Å². The first kappa shape index (κ1) is 11.2. The van der Waals surface area contributed by atoms with Crippen molar-refractivity contribution in [1.29, 1.82) is 0 Å². The molecule has 0 bridgehead atoms. The highest BCUT2D eigenvalue weighted by molar-refractivity contribution is 7.07. The van der Waals surface area contributed by atoms with Crippen LogP contribution in [0.4, 0.5) is 4.39 Å². The number of rotatable bonds is 5. The lowest BCUT2D eigenvalue weighted by molar-refractivity contribution is 0.612. The van der Waals surface area contributed by atoms with Gasteiger partial charge in [-0.15, -0.1) is 0 Å². The van der Waals surface area contributed by atoms with E-state index in [9.17, 15) is 4.39 Å². The lowest BCUT2D eigenvalue weighted by Gasteiger charge is -2.03. The second kappa shape index (κ2) is 5.72. The Hall–Kier alpha value is -1.26. The molecule has 2 heterocycles. The first-order valence-electron chi connectivity index (χ1n) is 5.16. The summed E-state index contributed by atoms with van der Waals surface area (Å²) in [6.45, 7) is 1.56. The number of aromatic nitrogens is 1. The summed E-state index contributed by atoms with van der Waals surface area (Å²) in [5.41, 5.74) is 2.22. The maximum Gasteiger partial charge on any atom is 0.141 e. The number of nitrogens with one attached hydrogen (secondary N) is 1. The van der Waals surface area contributed by atoms with E-state index in [1.807, 2.05) is 0 Å². The molecular formula is C12H13FN2S. The predicted molar refractivity (Wildman–Crippen MR) is 63.9 cm³/mol. The van der Waals surface area contributed by atoms with Gasteiger partial charge < -0.3 is 5.32 Å². The minimum atomic E-state index is -0.280. The maximum absolute atomic E-state index is 12.8. The highest BCUT2D eigenvalue weighted by atomic mass is 32.1. The van der Waals surface area contributed by atoms with E-state index in [1.165, 1.54) is 17.8 Å². The second-order valence-electron chi connectivity index (χ2n) is 3.57. The van der Waals surface area contributed by atoms with Gasteiger partial charge in [0, 0.05) is 12.7 Å². The lowest BCUT2D eigenvalue weighted by Crippen LogP contribution is -2.16. The van der Waals surface area contributed by atoms with Gasteiger partial charge in [-0.25, -0.2) is 4.39 Å². The van der Waals surface area contributed by atoms with Crippen LogP contribution in [0.15, 0.2) is 35.3 Å². The topological polar surface area (TPSA) is 24.9 Å². The van der Waals surface area contributed by atoms with Gasteiger partial charge in [0.1, 0.15) is 5.82 Å². The predicted octanol–water partition coefficient (Wildman–Crippen LogP) is 2.61. The van der Waals surface area contributed by atoms with Crippen LogP contribution >= 0.6 is 11.3 Å². The number of halogens is 1. The zero-order valence-corrected chi connectivity index (χ0v) is 9.64. The Morgan fingerprint density at radius 3 is 3.00 bits per heavy atom. The van der Waals surface area contributed by atoms with E-state index in [2.05, 4.69) is 27.1 Å². The molecule has 16 heavy (non-hydrogen) atoms. The fourth-order valence-electron chi connectivity index (χ4n) is 1.45. The largest absolute Gasteiger partial charge is 0.312 e. The van der Waals surface area contributed by atoms with Crippen LogP contribution in [0.3, 0.4) is 0 Å². The van der Waals surface area contributed by atoms with Crippen molar-refractivity contribution in [3.05, 3.63) is 52.2 Å². The Morgan fingerprint density at radius 1 is 1.31 bits per heavy atom. The quantitative estimate of drug-likeness (QED) is 0.807. The van der Waals surface area contributed by atoms with Gasteiger partial charge in [-0.1, -0.05) is 0 Å². The molecule has 0 amide bonds. The van der Waals surface area contributed by atoms with Crippen molar-refractivity contribution in [3.8, 4) is 0 Å². The average molecular weight is 236 g/mol. The monoisotopic (exact) mass is 236 g/mol. The van der Waals surface area contributed by atoms with Crippen molar-refractivity contribution in [2.45, 2.75) is 13.0 Å². The highest BCUT2D eigenvalue weighted by Crippen LogP contribution is 2.06. The molecule has 4 heteroatoms. The van der Waals surface area contributed by atoms with Gasteiger partial charge in [0.25, 0.3) is 0 Å². The Labute approximate surface area is 98.2 Å². The first-order chi connectivity index (χ1) is 7.84. The van der Waals surface area contributed by atoms with Crippen LogP contribution in [0.2, 0.25) is 0 Å². The van der Waals surface area contributed by atoms with E-state index in [0.29, 0.717) is 6.54 Å². The number of thiophene rings is 1. The molecule has 2 aromatic heterocycles. The van der Waals surface area contributed by atoms with E-state index in [0.717, 1.165) is 18.5 Å². The highest BCUT2D eigenvalue weighted by Gasteiger charge is 1.96. The molecule has 2 aromatic rings. The Bertz CT molecular complexity index is 428. The molecule has 0 aliphatic carbocycles. The SMILES string of the molecule is Fc1cncc(CNCCc2ccsc2)c1. The van der Waals surface area contributed by atoms with Crippen LogP contribution < -0.4 is 5.32 Å². The number of nitrogens with zero attached hydrogens (tertiary/aromatic N) is 1. The van der Waals surface area contributed by atoms with Crippen LogP contribution in [-0.4, -0.2) is 11.5 Å². The third kappa shape index (κ3) is 3.40. The van der Waals surface area contributed by atoms with Gasteiger partial charge in [0.05, 0.1) is 6.20 Å². The molecule has 0 aromatic carbocycles. The van der Waals surface area contributed by atoms with Crippen LogP contribution in [-0.2, 0) is 13.0 Å². The van der Waals surface area contributed by atoms with Gasteiger partial charge in [0.15, 0.2) is 0 Å². The Morgan fingerprint density at radius 2 is 2.25 bits per heavy atom. The Balaban J connectivity index is 1.72. The molecular weight excluding hydrogens is 223 g/mol. The van der Waals surface area contributed by atoms with Crippen LogP contribution in [0.1, 0.15) is 11.1 Å². The average Bonchev–Trinajstić information content (AvgIpc) is 2.77. The third-order valence-electron chi connectivity index (χ3n) is 2.26. The number of hydrogen-bond acceptors (Lipinski definition) is 3. The van der Waals surface area contributed by atoms with Crippen molar-refractivity contribution >= 4 is 11.3 Å². The van der Waals surface area contributed by atoms with Gasteiger partial charge in [0.2, 0.25) is 0 Å². The summed E-state index contributed by atoms with van der Waals surface area (Å²) < 4.78 is 12.8. The molecule has 0 spiro atoms. The standard InChI is InChI=1S/C12H13FN2S/c13-12-5-11(7-15-8-12)6-14-3-1-10-2-4-16-9-10/h2,4-5,7-9,14H,1,3,6H2. The molecule has 0 fully saturated rings. The summed E-state index contributed by atoms with van der Waals surface area (Å²) in [6, 6.07) is 3.63. The van der Waals surface area contributed by atoms with Crippen molar-refractivity contribution < 1.29 is 4.39 Å². The van der Waals surface area contributed by atoms with Crippen LogP contribution in [0, 0.1) is 5.82 Å². The second-order valence-corrected chi connectivity index (χ2v) is 4.35. The van der Waals surface area contributed by atoms with Crippen molar-refractivity contribution in [3.63, 3.8) is 0 Å². The Kier molecular flexibility index (Phi) is 4.02. The molecule has 2 nitrogen and oxygen atoms in total. The molecule has 0 unspecified atom stereocenters. The lowest BCUT2D eigenvalue weighted by atomic mass is 10.2. The number of pyridine rings is 1. The summed E-state index contributed by atoms with van der Waals surface area (Å²) in [4.78, 5) is 3.80. The smallest absolute Gasteiger partial charge is 0.141 e. The zero-order valence-electron chi connectivity index (χ0n) is 8.82. The maximum atomic E-state index is 12.8. The molecule has 0 aliphatic heterocycles. The summed E-state index contributed by atoms with van der Waals surface area (Å²) >= 11 is 1.71. The van der Waals surface area contributed by atoms with Gasteiger partial charge in [-0.05, 0) is 47.0 Å². The molecule has 0 saturated carbocycles. The van der Waals surface area contributed by atoms with Crippen molar-refractivity contribution in [2.24, 2.45) is 0 Å². The van der Waals surface area contributed by atoms with Crippen LogP contribution in [0.25, 0.3) is 0 Å². The molecule has 0 aliphatic rings. The third-order valence-corrected chi connectivity index (χ3v) is 2.99. The van der Waals surface area contributed by atoms with E-state index >= 15 is 0 Å². The first-order valence-corrected chi connectivity index (χ1v) is 6.10. The minimum Gasteiger partial charge on any atom is -0.312 e. The molecule has 84 valence electrons. The van der Waals surface area contributed by atoms with Crippen molar-refractivity contribution in [2.75, 3.05) is 6.54 Å². The summed E-state index contributed by atoms with van der Waals surface area (Å²) in [5.74, 6) is -0.280. The normalized spacial score (nSPS) is 10.6.